The molecule has 0 aliphatic heterocycles. The van der Waals surface area contributed by atoms with Gasteiger partial charge in [-0.25, -0.2) is 4.98 Å². The van der Waals surface area contributed by atoms with E-state index in [1.807, 2.05) is 67.9 Å². The van der Waals surface area contributed by atoms with E-state index in [0.717, 1.165) is 49.8 Å². The predicted octanol–water partition coefficient (Wildman–Crippen LogP) is 5.84. The van der Waals surface area contributed by atoms with Gasteiger partial charge in [-0.3, -0.25) is 4.79 Å². The molecule has 0 saturated heterocycles. The Kier molecular flexibility index (Phi) is 5.64. The quantitative estimate of drug-likeness (QED) is 0.292. The van der Waals surface area contributed by atoms with Gasteiger partial charge in [0.15, 0.2) is 5.78 Å². The fourth-order valence-electron chi connectivity index (χ4n) is 3.60. The van der Waals surface area contributed by atoms with Crippen LogP contribution in [0.2, 0.25) is 0 Å². The normalized spacial score (nSPS) is 11.1. The molecule has 0 amide bonds. The Morgan fingerprint density at radius 2 is 1.83 bits per heavy atom. The summed E-state index contributed by atoms with van der Waals surface area (Å²) in [5, 5.41) is 1.89. The average molecular weight is 417 g/mol. The van der Waals surface area contributed by atoms with E-state index in [1.165, 1.54) is 11.8 Å². The topological polar surface area (TPSA) is 44.1 Å². The minimum absolute atomic E-state index is 0.120. The maximum Gasteiger partial charge on any atom is 0.174 e. The van der Waals surface area contributed by atoms with E-state index < -0.39 is 0 Å². The van der Waals surface area contributed by atoms with E-state index in [2.05, 4.69) is 18.2 Å². The summed E-state index contributed by atoms with van der Waals surface area (Å²) in [4.78, 5) is 17.6. The third-order valence-electron chi connectivity index (χ3n) is 5.51. The summed E-state index contributed by atoms with van der Waals surface area (Å²) in [5.74, 6) is 1.23. The van der Waals surface area contributed by atoms with Gasteiger partial charge in [-0.05, 0) is 49.2 Å². The largest absolute Gasteiger partial charge is 0.497 e. The Morgan fingerprint density at radius 3 is 2.50 bits per heavy atom. The van der Waals surface area contributed by atoms with Crippen molar-refractivity contribution in [3.8, 4) is 16.9 Å². The molecule has 0 spiro atoms. The summed E-state index contributed by atoms with van der Waals surface area (Å²) in [5.41, 5.74) is 5.95. The number of benzene rings is 2. The first-order chi connectivity index (χ1) is 14.5. The number of hydrogen-bond donors (Lipinski definition) is 0. The van der Waals surface area contributed by atoms with Crippen molar-refractivity contribution < 1.29 is 9.53 Å². The fraction of sp³-hybridized carbons (Fsp3) is 0.200. The lowest BCUT2D eigenvalue weighted by Crippen LogP contribution is -2.05. The Balaban J connectivity index is 1.70. The fourth-order valence-corrected chi connectivity index (χ4v) is 4.39. The summed E-state index contributed by atoms with van der Waals surface area (Å²) < 4.78 is 7.43. The zero-order chi connectivity index (χ0) is 21.3. The Hall–Kier alpha value is -3.05. The number of aromatic nitrogens is 2. The molecule has 0 atom stereocenters. The van der Waals surface area contributed by atoms with E-state index in [1.54, 1.807) is 7.11 Å². The van der Waals surface area contributed by atoms with Crippen molar-refractivity contribution in [1.29, 1.82) is 0 Å². The zero-order valence-corrected chi connectivity index (χ0v) is 18.4. The summed E-state index contributed by atoms with van der Waals surface area (Å²) in [7, 11) is 3.64. The number of Topliss-reactive ketones (excluding diaryl/α,β-unsaturated/α-hetero) is 1. The standard InChI is InChI=1S/C25H24N2O2S/c1-16-12-21(17(2)27(16)3)24(28)15-30-25-14-22(18-8-6-5-7-9-18)20-11-10-19(29-4)13-23(20)26-25/h5-14H,15H2,1-4H3. The predicted molar refractivity (Wildman–Crippen MR) is 124 cm³/mol. The van der Waals surface area contributed by atoms with E-state index in [0.29, 0.717) is 5.75 Å². The number of methoxy groups -OCH3 is 1. The number of aryl methyl sites for hydroxylation is 1. The highest BCUT2D eigenvalue weighted by Gasteiger charge is 2.16. The first-order valence-electron chi connectivity index (χ1n) is 9.81. The van der Waals surface area contributed by atoms with Crippen LogP contribution in [0.25, 0.3) is 22.0 Å². The molecule has 0 N–H and O–H groups in total. The van der Waals surface area contributed by atoms with Crippen LogP contribution in [0.4, 0.5) is 0 Å². The number of carbonyl (C=O) groups excluding carboxylic acids is 1. The zero-order valence-electron chi connectivity index (χ0n) is 17.6. The van der Waals surface area contributed by atoms with Gasteiger partial charge in [-0.15, -0.1) is 0 Å². The summed E-state index contributed by atoms with van der Waals surface area (Å²) in [6.45, 7) is 4.00. The molecule has 0 bridgehead atoms. The van der Waals surface area contributed by atoms with Gasteiger partial charge in [0.2, 0.25) is 0 Å². The van der Waals surface area contributed by atoms with Gasteiger partial charge in [-0.1, -0.05) is 42.1 Å². The van der Waals surface area contributed by atoms with E-state index in [4.69, 9.17) is 9.72 Å². The van der Waals surface area contributed by atoms with Crippen molar-refractivity contribution in [3.05, 3.63) is 77.6 Å². The van der Waals surface area contributed by atoms with Gasteiger partial charge in [0.1, 0.15) is 5.75 Å². The SMILES string of the molecule is COc1ccc2c(-c3ccccc3)cc(SCC(=O)c3cc(C)n(C)c3C)nc2c1. The van der Waals surface area contributed by atoms with Crippen molar-refractivity contribution in [1.82, 2.24) is 9.55 Å². The maximum atomic E-state index is 12.8. The van der Waals surface area contributed by atoms with Crippen LogP contribution in [0.3, 0.4) is 0 Å². The number of hydrogen-bond acceptors (Lipinski definition) is 4. The van der Waals surface area contributed by atoms with Crippen LogP contribution >= 0.6 is 11.8 Å². The van der Waals surface area contributed by atoms with Crippen LogP contribution in [0.1, 0.15) is 21.7 Å². The lowest BCUT2D eigenvalue weighted by Gasteiger charge is -2.11. The van der Waals surface area contributed by atoms with E-state index in [9.17, 15) is 4.79 Å². The Bertz CT molecular complexity index is 1230. The van der Waals surface area contributed by atoms with Gasteiger partial charge >= 0.3 is 0 Å². The van der Waals surface area contributed by atoms with Gasteiger partial charge in [0.05, 0.1) is 23.4 Å². The molecule has 0 unspecified atom stereocenters. The number of rotatable bonds is 6. The average Bonchev–Trinajstić information content (AvgIpc) is 3.04. The second kappa shape index (κ2) is 8.36. The molecule has 4 rings (SSSR count). The lowest BCUT2D eigenvalue weighted by atomic mass is 10.0. The van der Waals surface area contributed by atoms with Gasteiger partial charge in [0.25, 0.3) is 0 Å². The molecule has 0 saturated carbocycles. The van der Waals surface area contributed by atoms with Crippen LogP contribution in [-0.2, 0) is 7.05 Å². The second-order valence-corrected chi connectivity index (χ2v) is 8.31. The molecule has 5 heteroatoms. The molecule has 0 fully saturated rings. The van der Waals surface area contributed by atoms with Crippen molar-refractivity contribution >= 4 is 28.4 Å². The number of ether oxygens (including phenoxy) is 1. The second-order valence-electron chi connectivity index (χ2n) is 7.31. The first kappa shape index (κ1) is 20.2. The van der Waals surface area contributed by atoms with Gasteiger partial charge in [0, 0.05) is 35.5 Å². The Labute approximate surface area is 180 Å². The summed E-state index contributed by atoms with van der Waals surface area (Å²) >= 11 is 1.47. The minimum Gasteiger partial charge on any atom is -0.497 e. The van der Waals surface area contributed by atoms with E-state index >= 15 is 0 Å². The number of ketones is 1. The number of pyridine rings is 1. The molecule has 0 radical (unpaired) electrons. The third-order valence-corrected chi connectivity index (χ3v) is 6.42. The van der Waals surface area contributed by atoms with Crippen LogP contribution < -0.4 is 4.74 Å². The number of thioether (sulfide) groups is 1. The molecule has 0 aliphatic rings. The molecule has 4 aromatic rings. The Morgan fingerprint density at radius 1 is 1.07 bits per heavy atom. The number of fused-ring (bicyclic) bond motifs is 1. The molecule has 4 nitrogen and oxygen atoms in total. The number of nitrogens with zero attached hydrogens (tertiary/aromatic N) is 2. The summed E-state index contributed by atoms with van der Waals surface area (Å²) in [6.07, 6.45) is 0. The van der Waals surface area contributed by atoms with Crippen LogP contribution in [0.5, 0.6) is 5.75 Å². The van der Waals surface area contributed by atoms with E-state index in [-0.39, 0.29) is 5.78 Å². The van der Waals surface area contributed by atoms with Crippen molar-refractivity contribution in [2.24, 2.45) is 7.05 Å². The third kappa shape index (κ3) is 3.85. The van der Waals surface area contributed by atoms with Crippen molar-refractivity contribution in [2.45, 2.75) is 18.9 Å². The maximum absolute atomic E-state index is 12.8. The number of carbonyl (C=O) groups is 1. The molecule has 30 heavy (non-hydrogen) atoms. The molecular formula is C25H24N2O2S. The highest BCUT2D eigenvalue weighted by molar-refractivity contribution is 7.99. The lowest BCUT2D eigenvalue weighted by molar-refractivity contribution is 0.102. The monoisotopic (exact) mass is 416 g/mol. The van der Waals surface area contributed by atoms with Crippen molar-refractivity contribution in [2.75, 3.05) is 12.9 Å². The highest BCUT2D eigenvalue weighted by atomic mass is 32.2. The molecule has 2 heterocycles. The molecule has 152 valence electrons. The van der Waals surface area contributed by atoms with Gasteiger partial charge in [-0.2, -0.15) is 0 Å². The molecular weight excluding hydrogens is 392 g/mol. The molecule has 0 aliphatic carbocycles. The molecule has 2 aromatic carbocycles. The molecule has 2 aromatic heterocycles. The van der Waals surface area contributed by atoms with Crippen LogP contribution in [0, 0.1) is 13.8 Å². The summed E-state index contributed by atoms with van der Waals surface area (Å²) in [6, 6.07) is 20.2. The highest BCUT2D eigenvalue weighted by Crippen LogP contribution is 2.33. The first-order valence-corrected chi connectivity index (χ1v) is 10.8. The van der Waals surface area contributed by atoms with Gasteiger partial charge < -0.3 is 9.30 Å². The van der Waals surface area contributed by atoms with Crippen LogP contribution in [-0.4, -0.2) is 28.2 Å². The minimum atomic E-state index is 0.120. The van der Waals surface area contributed by atoms with Crippen LogP contribution in [0.15, 0.2) is 65.7 Å². The van der Waals surface area contributed by atoms with Crippen molar-refractivity contribution in [3.63, 3.8) is 0 Å². The smallest absolute Gasteiger partial charge is 0.174 e.